The van der Waals surface area contributed by atoms with Crippen LogP contribution in [0.25, 0.3) is 11.0 Å². The van der Waals surface area contributed by atoms with Gasteiger partial charge in [0.2, 0.25) is 0 Å². The smallest absolute Gasteiger partial charge is 0.337 e. The van der Waals surface area contributed by atoms with Crippen molar-refractivity contribution in [1.29, 1.82) is 0 Å². The Balaban J connectivity index is 2.15. The molecular formula is C16H20N2O3. The summed E-state index contributed by atoms with van der Waals surface area (Å²) in [5.41, 5.74) is 1.08. The molecule has 0 spiro atoms. The summed E-state index contributed by atoms with van der Waals surface area (Å²) in [6, 6.07) is 5.19. The highest BCUT2D eigenvalue weighted by Crippen LogP contribution is 2.36. The van der Waals surface area contributed by atoms with E-state index < -0.39 is 5.97 Å². The molecule has 2 unspecified atom stereocenters. The Morgan fingerprint density at radius 3 is 2.52 bits per heavy atom. The highest BCUT2D eigenvalue weighted by atomic mass is 16.4. The van der Waals surface area contributed by atoms with E-state index in [-0.39, 0.29) is 17.3 Å². The lowest BCUT2D eigenvalue weighted by Gasteiger charge is -2.32. The summed E-state index contributed by atoms with van der Waals surface area (Å²) < 4.78 is 1.76. The second-order valence-electron chi connectivity index (χ2n) is 6.38. The molecule has 5 heteroatoms. The molecule has 0 amide bonds. The fourth-order valence-corrected chi connectivity index (χ4v) is 3.80. The van der Waals surface area contributed by atoms with Crippen LogP contribution in [0.1, 0.15) is 49.5 Å². The van der Waals surface area contributed by atoms with Crippen LogP contribution < -0.4 is 5.69 Å². The summed E-state index contributed by atoms with van der Waals surface area (Å²) in [7, 11) is 0. The van der Waals surface area contributed by atoms with Gasteiger partial charge >= 0.3 is 11.7 Å². The molecular weight excluding hydrogens is 268 g/mol. The molecule has 0 radical (unpaired) electrons. The molecule has 1 aliphatic carbocycles. The molecule has 1 heterocycles. The van der Waals surface area contributed by atoms with E-state index >= 15 is 0 Å². The first-order valence-electron chi connectivity index (χ1n) is 7.44. The van der Waals surface area contributed by atoms with Gasteiger partial charge in [0.05, 0.1) is 16.6 Å². The average Bonchev–Trinajstić information content (AvgIpc) is 2.72. The summed E-state index contributed by atoms with van der Waals surface area (Å²) in [5.74, 6) is 0.149. The van der Waals surface area contributed by atoms with Gasteiger partial charge in [0.1, 0.15) is 0 Å². The zero-order valence-electron chi connectivity index (χ0n) is 12.3. The number of H-pyrrole nitrogens is 1. The van der Waals surface area contributed by atoms with Gasteiger partial charge in [0, 0.05) is 6.04 Å². The van der Waals surface area contributed by atoms with Gasteiger partial charge in [-0.05, 0) is 43.2 Å². The van der Waals surface area contributed by atoms with E-state index in [1.165, 1.54) is 12.5 Å². The van der Waals surface area contributed by atoms with Crippen LogP contribution in [-0.2, 0) is 0 Å². The van der Waals surface area contributed by atoms with Crippen molar-refractivity contribution >= 4 is 17.0 Å². The molecule has 0 saturated heterocycles. The minimum atomic E-state index is -1.01. The number of fused-ring (bicyclic) bond motifs is 1. The number of hydrogen-bond acceptors (Lipinski definition) is 2. The van der Waals surface area contributed by atoms with Crippen LogP contribution in [0, 0.1) is 11.8 Å². The van der Waals surface area contributed by atoms with Crippen molar-refractivity contribution in [1.82, 2.24) is 9.55 Å². The monoisotopic (exact) mass is 288 g/mol. The number of imidazole rings is 1. The number of para-hydroxylation sites is 1. The van der Waals surface area contributed by atoms with E-state index in [2.05, 4.69) is 18.8 Å². The Kier molecular flexibility index (Phi) is 3.35. The summed E-state index contributed by atoms with van der Waals surface area (Å²) in [4.78, 5) is 26.4. The van der Waals surface area contributed by atoms with E-state index in [9.17, 15) is 14.7 Å². The van der Waals surface area contributed by atoms with Crippen LogP contribution >= 0.6 is 0 Å². The molecule has 3 rings (SSSR count). The van der Waals surface area contributed by atoms with Crippen LogP contribution in [0.2, 0.25) is 0 Å². The normalized spacial score (nSPS) is 26.1. The van der Waals surface area contributed by atoms with Crippen molar-refractivity contribution < 1.29 is 9.90 Å². The fraction of sp³-hybridized carbons (Fsp3) is 0.500. The van der Waals surface area contributed by atoms with E-state index in [4.69, 9.17) is 0 Å². The maximum Gasteiger partial charge on any atom is 0.337 e. The number of carbonyl (C=O) groups is 1. The third kappa shape index (κ3) is 2.37. The molecule has 2 aromatic rings. The van der Waals surface area contributed by atoms with Crippen molar-refractivity contribution in [3.05, 3.63) is 34.2 Å². The minimum absolute atomic E-state index is 0.147. The lowest BCUT2D eigenvalue weighted by Crippen LogP contribution is -2.29. The molecule has 112 valence electrons. The van der Waals surface area contributed by atoms with Crippen LogP contribution in [0.3, 0.4) is 0 Å². The van der Waals surface area contributed by atoms with Crippen LogP contribution in [0.5, 0.6) is 0 Å². The average molecular weight is 288 g/mol. The Morgan fingerprint density at radius 1 is 1.24 bits per heavy atom. The van der Waals surface area contributed by atoms with Crippen molar-refractivity contribution in [2.45, 2.75) is 39.2 Å². The SMILES string of the molecule is CC1CC(C)CC(n2c(=O)[nH]c3c(C(=O)O)cccc32)C1. The van der Waals surface area contributed by atoms with E-state index in [1.54, 1.807) is 10.6 Å². The number of benzene rings is 1. The fourth-order valence-electron chi connectivity index (χ4n) is 3.80. The first-order chi connectivity index (χ1) is 9.97. The molecule has 2 atom stereocenters. The summed E-state index contributed by atoms with van der Waals surface area (Å²) in [5, 5.41) is 9.25. The molecule has 1 aromatic heterocycles. The highest BCUT2D eigenvalue weighted by molar-refractivity contribution is 6.00. The second-order valence-corrected chi connectivity index (χ2v) is 6.38. The number of aromatic carboxylic acids is 1. The van der Waals surface area contributed by atoms with Gasteiger partial charge in [-0.25, -0.2) is 9.59 Å². The molecule has 1 saturated carbocycles. The lowest BCUT2D eigenvalue weighted by atomic mass is 9.80. The Labute approximate surface area is 122 Å². The number of aromatic amines is 1. The Bertz CT molecular complexity index is 734. The Hall–Kier alpha value is -2.04. The highest BCUT2D eigenvalue weighted by Gasteiger charge is 2.28. The van der Waals surface area contributed by atoms with Gasteiger partial charge in [0.25, 0.3) is 0 Å². The predicted octanol–water partition coefficient (Wildman–Crippen LogP) is 3.03. The minimum Gasteiger partial charge on any atom is -0.478 e. The van der Waals surface area contributed by atoms with Gasteiger partial charge in [-0.2, -0.15) is 0 Å². The maximum absolute atomic E-state index is 12.3. The first kappa shape index (κ1) is 13.9. The molecule has 0 bridgehead atoms. The van der Waals surface area contributed by atoms with E-state index in [0.29, 0.717) is 22.9 Å². The first-order valence-corrected chi connectivity index (χ1v) is 7.44. The standard InChI is InChI=1S/C16H20N2O3/c1-9-6-10(2)8-11(7-9)18-13-5-3-4-12(15(19)20)14(13)17-16(18)21/h3-5,9-11H,6-8H2,1-2H3,(H,17,21)(H,19,20). The molecule has 1 aromatic carbocycles. The van der Waals surface area contributed by atoms with Gasteiger partial charge < -0.3 is 10.1 Å². The number of nitrogens with zero attached hydrogens (tertiary/aromatic N) is 1. The second kappa shape index (κ2) is 5.06. The molecule has 0 aliphatic heterocycles. The third-order valence-corrected chi connectivity index (χ3v) is 4.50. The third-order valence-electron chi connectivity index (χ3n) is 4.50. The lowest BCUT2D eigenvalue weighted by molar-refractivity contribution is 0.0699. The van der Waals surface area contributed by atoms with Crippen molar-refractivity contribution in [2.24, 2.45) is 11.8 Å². The van der Waals surface area contributed by atoms with Gasteiger partial charge in [-0.1, -0.05) is 19.9 Å². The van der Waals surface area contributed by atoms with Gasteiger partial charge in [-0.3, -0.25) is 4.57 Å². The number of carboxylic acid groups (broad SMARTS) is 1. The molecule has 5 nitrogen and oxygen atoms in total. The van der Waals surface area contributed by atoms with Crippen LogP contribution in [-0.4, -0.2) is 20.6 Å². The molecule has 1 aliphatic rings. The maximum atomic E-state index is 12.3. The zero-order valence-corrected chi connectivity index (χ0v) is 12.3. The van der Waals surface area contributed by atoms with E-state index in [0.717, 1.165) is 12.8 Å². The number of carboxylic acids is 1. The van der Waals surface area contributed by atoms with Gasteiger partial charge in [0.15, 0.2) is 0 Å². The number of hydrogen-bond donors (Lipinski definition) is 2. The number of aromatic nitrogens is 2. The quantitative estimate of drug-likeness (QED) is 0.892. The summed E-state index contributed by atoms with van der Waals surface area (Å²) >= 11 is 0. The van der Waals surface area contributed by atoms with Crippen molar-refractivity contribution in [3.63, 3.8) is 0 Å². The van der Waals surface area contributed by atoms with Crippen LogP contribution in [0.15, 0.2) is 23.0 Å². The summed E-state index contributed by atoms with van der Waals surface area (Å²) in [6.45, 7) is 4.43. The molecule has 1 fully saturated rings. The molecule has 2 N–H and O–H groups in total. The summed E-state index contributed by atoms with van der Waals surface area (Å²) in [6.07, 6.45) is 3.12. The van der Waals surface area contributed by atoms with Crippen LogP contribution in [0.4, 0.5) is 0 Å². The largest absolute Gasteiger partial charge is 0.478 e. The predicted molar refractivity (Wildman–Crippen MR) is 80.7 cm³/mol. The van der Waals surface area contributed by atoms with Crippen molar-refractivity contribution in [3.8, 4) is 0 Å². The zero-order chi connectivity index (χ0) is 15.1. The Morgan fingerprint density at radius 2 is 1.90 bits per heavy atom. The number of nitrogens with one attached hydrogen (secondary N) is 1. The van der Waals surface area contributed by atoms with Crippen molar-refractivity contribution in [2.75, 3.05) is 0 Å². The van der Waals surface area contributed by atoms with Gasteiger partial charge in [-0.15, -0.1) is 0 Å². The molecule has 21 heavy (non-hydrogen) atoms. The topological polar surface area (TPSA) is 75.1 Å². The number of rotatable bonds is 2. The van der Waals surface area contributed by atoms with E-state index in [1.807, 2.05) is 6.07 Å².